The molecule has 2 N–H and O–H groups in total. The average molecular weight is 315 g/mol. The molecule has 0 bridgehead atoms. The van der Waals surface area contributed by atoms with Crippen LogP contribution in [-0.2, 0) is 6.54 Å². The summed E-state index contributed by atoms with van der Waals surface area (Å²) in [4.78, 5) is 3.55. The minimum Gasteiger partial charge on any atom is -0.329 e. The van der Waals surface area contributed by atoms with Gasteiger partial charge in [0.1, 0.15) is 0 Å². The van der Waals surface area contributed by atoms with E-state index in [0.29, 0.717) is 16.6 Å². The van der Waals surface area contributed by atoms with Crippen LogP contribution in [0, 0.1) is 0 Å². The van der Waals surface area contributed by atoms with Gasteiger partial charge in [0.2, 0.25) is 0 Å². The van der Waals surface area contributed by atoms with Crippen molar-refractivity contribution in [2.24, 2.45) is 5.73 Å². The van der Waals surface area contributed by atoms with Crippen molar-refractivity contribution in [2.75, 3.05) is 13.6 Å². The number of benzene rings is 1. The Hall–Kier alpha value is -0.580. The van der Waals surface area contributed by atoms with Crippen molar-refractivity contribution in [1.82, 2.24) is 4.90 Å². The molecule has 0 aliphatic carbocycles. The van der Waals surface area contributed by atoms with E-state index >= 15 is 0 Å². The standard InChI is InChI=1S/C14H16Cl2N2S/c1-18(9-11-3-2-6-19-11)14(8-17)10-4-5-12(15)13(16)7-10/h2-7,14H,8-9,17H2,1H3. The Bertz CT molecular complexity index is 528. The van der Waals surface area contributed by atoms with E-state index in [4.69, 9.17) is 28.9 Å². The first kappa shape index (κ1) is 14.8. The van der Waals surface area contributed by atoms with Gasteiger partial charge < -0.3 is 5.73 Å². The summed E-state index contributed by atoms with van der Waals surface area (Å²) >= 11 is 13.8. The first-order valence-electron chi connectivity index (χ1n) is 5.99. The highest BCUT2D eigenvalue weighted by molar-refractivity contribution is 7.09. The SMILES string of the molecule is CN(Cc1cccs1)C(CN)c1ccc(Cl)c(Cl)c1. The van der Waals surface area contributed by atoms with Crippen LogP contribution in [0.3, 0.4) is 0 Å². The van der Waals surface area contributed by atoms with Gasteiger partial charge in [-0.05, 0) is 36.2 Å². The number of thiophene rings is 1. The predicted molar refractivity (Wildman–Crippen MR) is 84.0 cm³/mol. The molecule has 1 aromatic carbocycles. The molecule has 1 atom stereocenters. The van der Waals surface area contributed by atoms with E-state index < -0.39 is 0 Å². The summed E-state index contributed by atoms with van der Waals surface area (Å²) in [6.45, 7) is 1.42. The zero-order valence-corrected chi connectivity index (χ0v) is 13.0. The van der Waals surface area contributed by atoms with E-state index in [1.165, 1.54) is 4.88 Å². The lowest BCUT2D eigenvalue weighted by Crippen LogP contribution is -2.29. The van der Waals surface area contributed by atoms with Gasteiger partial charge in [-0.3, -0.25) is 4.90 Å². The highest BCUT2D eigenvalue weighted by Gasteiger charge is 2.17. The van der Waals surface area contributed by atoms with Crippen molar-refractivity contribution < 1.29 is 0 Å². The number of hydrogen-bond donors (Lipinski definition) is 1. The summed E-state index contributed by atoms with van der Waals surface area (Å²) in [5.74, 6) is 0. The van der Waals surface area contributed by atoms with Crippen molar-refractivity contribution in [2.45, 2.75) is 12.6 Å². The fraction of sp³-hybridized carbons (Fsp3) is 0.286. The topological polar surface area (TPSA) is 29.3 Å². The van der Waals surface area contributed by atoms with Crippen LogP contribution in [0.2, 0.25) is 10.0 Å². The Balaban J connectivity index is 2.16. The van der Waals surface area contributed by atoms with Crippen LogP contribution in [0.4, 0.5) is 0 Å². The summed E-state index contributed by atoms with van der Waals surface area (Å²) in [5, 5.41) is 3.23. The molecule has 2 rings (SSSR count). The molecule has 1 unspecified atom stereocenters. The Morgan fingerprint density at radius 3 is 2.63 bits per heavy atom. The number of nitrogens with zero attached hydrogens (tertiary/aromatic N) is 1. The van der Waals surface area contributed by atoms with Crippen LogP contribution in [0.5, 0.6) is 0 Å². The lowest BCUT2D eigenvalue weighted by molar-refractivity contribution is 0.244. The Kier molecular flexibility index (Phi) is 5.25. The summed E-state index contributed by atoms with van der Waals surface area (Å²) in [5.41, 5.74) is 7.00. The van der Waals surface area contributed by atoms with E-state index in [-0.39, 0.29) is 6.04 Å². The summed E-state index contributed by atoms with van der Waals surface area (Å²) in [7, 11) is 2.07. The van der Waals surface area contributed by atoms with Gasteiger partial charge in [0.25, 0.3) is 0 Å². The first-order chi connectivity index (χ1) is 9.11. The molecule has 1 aromatic heterocycles. The normalized spacial score (nSPS) is 12.9. The van der Waals surface area contributed by atoms with Crippen molar-refractivity contribution >= 4 is 34.5 Å². The summed E-state index contributed by atoms with van der Waals surface area (Å²) in [6, 6.07) is 10.0. The molecule has 0 amide bonds. The van der Waals surface area contributed by atoms with Gasteiger partial charge in [-0.2, -0.15) is 0 Å². The van der Waals surface area contributed by atoms with Crippen LogP contribution < -0.4 is 5.73 Å². The Labute approximate surface area is 127 Å². The van der Waals surface area contributed by atoms with Crippen molar-refractivity contribution in [1.29, 1.82) is 0 Å². The minimum atomic E-state index is 0.136. The molecule has 5 heteroatoms. The maximum atomic E-state index is 6.07. The summed E-state index contributed by atoms with van der Waals surface area (Å²) < 4.78 is 0. The summed E-state index contributed by atoms with van der Waals surface area (Å²) in [6.07, 6.45) is 0. The molecule has 0 spiro atoms. The van der Waals surface area contributed by atoms with Gasteiger partial charge in [-0.25, -0.2) is 0 Å². The van der Waals surface area contributed by atoms with Gasteiger partial charge in [0, 0.05) is 24.0 Å². The smallest absolute Gasteiger partial charge is 0.0595 e. The maximum absolute atomic E-state index is 6.07. The monoisotopic (exact) mass is 314 g/mol. The molecule has 0 aliphatic rings. The first-order valence-corrected chi connectivity index (χ1v) is 7.63. The largest absolute Gasteiger partial charge is 0.329 e. The molecule has 2 nitrogen and oxygen atoms in total. The zero-order valence-electron chi connectivity index (χ0n) is 10.6. The van der Waals surface area contributed by atoms with E-state index in [0.717, 1.165) is 12.1 Å². The molecule has 0 radical (unpaired) electrons. The van der Waals surface area contributed by atoms with Gasteiger partial charge in [-0.1, -0.05) is 35.3 Å². The van der Waals surface area contributed by atoms with Crippen molar-refractivity contribution in [3.05, 3.63) is 56.2 Å². The van der Waals surface area contributed by atoms with Gasteiger partial charge in [-0.15, -0.1) is 11.3 Å². The van der Waals surface area contributed by atoms with Crippen LogP contribution in [0.1, 0.15) is 16.5 Å². The lowest BCUT2D eigenvalue weighted by Gasteiger charge is -2.27. The molecule has 1 heterocycles. The number of rotatable bonds is 5. The second-order valence-electron chi connectivity index (χ2n) is 4.42. The third-order valence-corrected chi connectivity index (χ3v) is 4.67. The van der Waals surface area contributed by atoms with E-state index in [1.54, 1.807) is 11.3 Å². The third kappa shape index (κ3) is 3.71. The fourth-order valence-corrected chi connectivity index (χ4v) is 3.12. The van der Waals surface area contributed by atoms with Crippen LogP contribution >= 0.6 is 34.5 Å². The molecular formula is C14H16Cl2N2S. The van der Waals surface area contributed by atoms with Gasteiger partial charge in [0.15, 0.2) is 0 Å². The van der Waals surface area contributed by atoms with Crippen LogP contribution in [-0.4, -0.2) is 18.5 Å². The number of hydrogen-bond acceptors (Lipinski definition) is 3. The predicted octanol–water partition coefficient (Wildman–Crippen LogP) is 4.19. The van der Waals surface area contributed by atoms with Crippen LogP contribution in [0.15, 0.2) is 35.7 Å². The average Bonchev–Trinajstić information content (AvgIpc) is 2.87. The molecule has 0 saturated heterocycles. The van der Waals surface area contributed by atoms with Crippen molar-refractivity contribution in [3.8, 4) is 0 Å². The lowest BCUT2D eigenvalue weighted by atomic mass is 10.1. The van der Waals surface area contributed by atoms with E-state index in [2.05, 4.69) is 29.5 Å². The third-order valence-electron chi connectivity index (χ3n) is 3.07. The zero-order chi connectivity index (χ0) is 13.8. The molecule has 102 valence electrons. The Morgan fingerprint density at radius 1 is 1.26 bits per heavy atom. The molecule has 0 saturated carbocycles. The fourth-order valence-electron chi connectivity index (χ4n) is 2.05. The molecule has 19 heavy (non-hydrogen) atoms. The second-order valence-corrected chi connectivity index (χ2v) is 6.27. The number of likely N-dealkylation sites (N-methyl/N-ethyl adjacent to an activating group) is 1. The van der Waals surface area contributed by atoms with Crippen LogP contribution in [0.25, 0.3) is 0 Å². The van der Waals surface area contributed by atoms with Crippen molar-refractivity contribution in [3.63, 3.8) is 0 Å². The molecule has 2 aromatic rings. The highest BCUT2D eigenvalue weighted by Crippen LogP contribution is 2.28. The minimum absolute atomic E-state index is 0.136. The quantitative estimate of drug-likeness (QED) is 0.896. The molecule has 0 fully saturated rings. The number of halogens is 2. The van der Waals surface area contributed by atoms with E-state index in [9.17, 15) is 0 Å². The Morgan fingerprint density at radius 2 is 2.05 bits per heavy atom. The molecular weight excluding hydrogens is 299 g/mol. The van der Waals surface area contributed by atoms with Gasteiger partial charge >= 0.3 is 0 Å². The maximum Gasteiger partial charge on any atom is 0.0595 e. The number of nitrogens with two attached hydrogens (primary N) is 1. The van der Waals surface area contributed by atoms with Gasteiger partial charge in [0.05, 0.1) is 10.0 Å². The highest BCUT2D eigenvalue weighted by atomic mass is 35.5. The molecule has 0 aliphatic heterocycles. The van der Waals surface area contributed by atoms with E-state index in [1.807, 2.05) is 18.2 Å². The second kappa shape index (κ2) is 6.73.